The van der Waals surface area contributed by atoms with Crippen molar-refractivity contribution in [3.63, 3.8) is 0 Å². The Labute approximate surface area is 66.9 Å². The minimum absolute atomic E-state index is 0.504. The molecular formula is C7H16N4. The van der Waals surface area contributed by atoms with Crippen molar-refractivity contribution in [1.29, 1.82) is 0 Å². The topological polar surface area (TPSA) is 62.1 Å². The van der Waals surface area contributed by atoms with E-state index in [4.69, 9.17) is 5.73 Å². The Morgan fingerprint density at radius 3 is 3.00 bits per heavy atom. The second kappa shape index (κ2) is 3.06. The average Bonchev–Trinajstić information content (AvgIpc) is 2.50. The summed E-state index contributed by atoms with van der Waals surface area (Å²) in [7, 11) is 0. The van der Waals surface area contributed by atoms with Crippen molar-refractivity contribution in [2.75, 3.05) is 19.8 Å². The van der Waals surface area contributed by atoms with E-state index in [1.54, 1.807) is 0 Å². The van der Waals surface area contributed by atoms with E-state index in [0.717, 1.165) is 19.8 Å². The fourth-order valence-corrected chi connectivity index (χ4v) is 2.09. The first-order chi connectivity index (χ1) is 5.42. The fourth-order valence-electron chi connectivity index (χ4n) is 2.09. The van der Waals surface area contributed by atoms with Crippen molar-refractivity contribution in [3.8, 4) is 0 Å². The Hall–Kier alpha value is -0.160. The number of nitrogens with one attached hydrogen (secondary N) is 3. The average molecular weight is 156 g/mol. The molecule has 0 aromatic carbocycles. The van der Waals surface area contributed by atoms with Gasteiger partial charge in [-0.25, -0.2) is 0 Å². The quantitative estimate of drug-likeness (QED) is 0.369. The van der Waals surface area contributed by atoms with E-state index in [1.807, 2.05) is 0 Å². The summed E-state index contributed by atoms with van der Waals surface area (Å²) in [6, 6.07) is 0.510. The first kappa shape index (κ1) is 7.49. The lowest BCUT2D eigenvalue weighted by molar-refractivity contribution is 0.229. The molecule has 2 rings (SSSR count). The van der Waals surface area contributed by atoms with Gasteiger partial charge < -0.3 is 11.1 Å². The zero-order valence-electron chi connectivity index (χ0n) is 6.64. The Balaban J connectivity index is 2.00. The van der Waals surface area contributed by atoms with Gasteiger partial charge in [0.05, 0.1) is 6.17 Å². The lowest BCUT2D eigenvalue weighted by Crippen LogP contribution is -2.60. The molecule has 0 radical (unpaired) electrons. The standard InChI is InChI=1S/C7H16N4/c8-3-6-5-1-2-9-7(5)11-4-10-6/h5-7,9-11H,1-4,8H2. The third-order valence-electron chi connectivity index (χ3n) is 2.73. The molecule has 4 nitrogen and oxygen atoms in total. The van der Waals surface area contributed by atoms with Crippen molar-refractivity contribution < 1.29 is 0 Å². The van der Waals surface area contributed by atoms with E-state index in [9.17, 15) is 0 Å². The SMILES string of the molecule is NCC1NCNC2NCCC12. The molecule has 5 N–H and O–H groups in total. The maximum atomic E-state index is 5.64. The predicted octanol–water partition coefficient (Wildman–Crippen LogP) is -1.60. The number of hydrogen-bond acceptors (Lipinski definition) is 4. The van der Waals surface area contributed by atoms with Crippen molar-refractivity contribution in [2.45, 2.75) is 18.6 Å². The van der Waals surface area contributed by atoms with E-state index in [2.05, 4.69) is 16.0 Å². The molecule has 4 heteroatoms. The molecule has 2 aliphatic heterocycles. The first-order valence-corrected chi connectivity index (χ1v) is 4.32. The second-order valence-corrected chi connectivity index (χ2v) is 3.31. The van der Waals surface area contributed by atoms with Gasteiger partial charge in [-0.2, -0.15) is 0 Å². The molecule has 3 atom stereocenters. The molecule has 2 heterocycles. The Morgan fingerprint density at radius 2 is 2.18 bits per heavy atom. The van der Waals surface area contributed by atoms with Crippen LogP contribution in [-0.2, 0) is 0 Å². The normalized spacial score (nSPS) is 43.9. The molecule has 0 aromatic heterocycles. The molecule has 0 aromatic rings. The molecule has 0 saturated carbocycles. The summed E-state index contributed by atoms with van der Waals surface area (Å²) >= 11 is 0. The minimum atomic E-state index is 0.504. The summed E-state index contributed by atoms with van der Waals surface area (Å²) in [4.78, 5) is 0. The lowest BCUT2D eigenvalue weighted by atomic mass is 9.95. The third-order valence-corrected chi connectivity index (χ3v) is 2.73. The Kier molecular flexibility index (Phi) is 2.09. The van der Waals surface area contributed by atoms with Crippen LogP contribution in [0.2, 0.25) is 0 Å². The lowest BCUT2D eigenvalue weighted by Gasteiger charge is -2.34. The second-order valence-electron chi connectivity index (χ2n) is 3.31. The van der Waals surface area contributed by atoms with Crippen LogP contribution in [0.3, 0.4) is 0 Å². The fraction of sp³-hybridized carbons (Fsp3) is 1.00. The summed E-state index contributed by atoms with van der Waals surface area (Å²) in [6.07, 6.45) is 1.75. The summed E-state index contributed by atoms with van der Waals surface area (Å²) in [6.45, 7) is 2.76. The van der Waals surface area contributed by atoms with Crippen LogP contribution in [0.1, 0.15) is 6.42 Å². The highest BCUT2D eigenvalue weighted by Gasteiger charge is 2.34. The van der Waals surface area contributed by atoms with Crippen LogP contribution in [0.4, 0.5) is 0 Å². The highest BCUT2D eigenvalue weighted by Crippen LogP contribution is 2.19. The smallest absolute Gasteiger partial charge is 0.0626 e. The molecule has 2 saturated heterocycles. The number of nitrogens with two attached hydrogens (primary N) is 1. The van der Waals surface area contributed by atoms with Crippen molar-refractivity contribution in [1.82, 2.24) is 16.0 Å². The van der Waals surface area contributed by atoms with Crippen LogP contribution >= 0.6 is 0 Å². The maximum absolute atomic E-state index is 5.64. The van der Waals surface area contributed by atoms with E-state index >= 15 is 0 Å². The van der Waals surface area contributed by atoms with Crippen molar-refractivity contribution in [2.24, 2.45) is 11.7 Å². The van der Waals surface area contributed by atoms with Gasteiger partial charge in [0, 0.05) is 25.2 Å². The van der Waals surface area contributed by atoms with Gasteiger partial charge in [-0.15, -0.1) is 0 Å². The van der Waals surface area contributed by atoms with Gasteiger partial charge in [0.25, 0.3) is 0 Å². The molecule has 2 fully saturated rings. The van der Waals surface area contributed by atoms with Gasteiger partial charge in [0.1, 0.15) is 0 Å². The number of hydrogen-bond donors (Lipinski definition) is 4. The van der Waals surface area contributed by atoms with Crippen LogP contribution in [0.25, 0.3) is 0 Å². The number of rotatable bonds is 1. The maximum Gasteiger partial charge on any atom is 0.0626 e. The van der Waals surface area contributed by atoms with Gasteiger partial charge in [-0.3, -0.25) is 10.6 Å². The molecule has 0 amide bonds. The predicted molar refractivity (Wildman–Crippen MR) is 43.9 cm³/mol. The van der Waals surface area contributed by atoms with Crippen molar-refractivity contribution in [3.05, 3.63) is 0 Å². The highest BCUT2D eigenvalue weighted by molar-refractivity contribution is 4.93. The molecule has 2 aliphatic rings. The zero-order valence-corrected chi connectivity index (χ0v) is 6.64. The summed E-state index contributed by atoms with van der Waals surface area (Å²) in [5.74, 6) is 0.689. The van der Waals surface area contributed by atoms with E-state index in [-0.39, 0.29) is 0 Å². The summed E-state index contributed by atoms with van der Waals surface area (Å²) in [5.41, 5.74) is 5.64. The Morgan fingerprint density at radius 1 is 1.27 bits per heavy atom. The van der Waals surface area contributed by atoms with Crippen LogP contribution in [0, 0.1) is 5.92 Å². The monoisotopic (exact) mass is 156 g/mol. The third kappa shape index (κ3) is 1.27. The van der Waals surface area contributed by atoms with Crippen LogP contribution < -0.4 is 21.7 Å². The molecule has 3 unspecified atom stereocenters. The molecule has 64 valence electrons. The van der Waals surface area contributed by atoms with Crippen molar-refractivity contribution >= 4 is 0 Å². The Bertz CT molecular complexity index is 138. The molecule has 0 bridgehead atoms. The van der Waals surface area contributed by atoms with Gasteiger partial charge in [0.2, 0.25) is 0 Å². The number of fused-ring (bicyclic) bond motifs is 1. The minimum Gasteiger partial charge on any atom is -0.329 e. The largest absolute Gasteiger partial charge is 0.329 e. The van der Waals surface area contributed by atoms with Gasteiger partial charge in [-0.05, 0) is 13.0 Å². The summed E-state index contributed by atoms with van der Waals surface area (Å²) in [5, 5.41) is 10.1. The molecule has 0 aliphatic carbocycles. The highest BCUT2D eigenvalue weighted by atomic mass is 15.3. The van der Waals surface area contributed by atoms with Crippen LogP contribution in [-0.4, -0.2) is 32.0 Å². The van der Waals surface area contributed by atoms with E-state index < -0.39 is 0 Å². The molecule has 11 heavy (non-hydrogen) atoms. The van der Waals surface area contributed by atoms with Gasteiger partial charge in [-0.1, -0.05) is 0 Å². The zero-order chi connectivity index (χ0) is 7.68. The van der Waals surface area contributed by atoms with E-state index in [0.29, 0.717) is 18.1 Å². The van der Waals surface area contributed by atoms with Crippen LogP contribution in [0.5, 0.6) is 0 Å². The van der Waals surface area contributed by atoms with Gasteiger partial charge >= 0.3 is 0 Å². The molecule has 0 spiro atoms. The van der Waals surface area contributed by atoms with E-state index in [1.165, 1.54) is 6.42 Å². The first-order valence-electron chi connectivity index (χ1n) is 4.32. The van der Waals surface area contributed by atoms with Crippen LogP contribution in [0.15, 0.2) is 0 Å². The summed E-state index contributed by atoms with van der Waals surface area (Å²) < 4.78 is 0. The van der Waals surface area contributed by atoms with Gasteiger partial charge in [0.15, 0.2) is 0 Å². The molecular weight excluding hydrogens is 140 g/mol.